The average molecular weight is 336 g/mol. The molecule has 1 aromatic heterocycles. The van der Waals surface area contributed by atoms with Crippen molar-refractivity contribution in [3.05, 3.63) is 16.5 Å². The fraction of sp³-hybridized carbons (Fsp3) is 0.538. The Morgan fingerprint density at radius 1 is 1.43 bits per heavy atom. The van der Waals surface area contributed by atoms with E-state index < -0.39 is 17.6 Å². The fourth-order valence-electron chi connectivity index (χ4n) is 1.51. The Morgan fingerprint density at radius 3 is 2.67 bits per heavy atom. The summed E-state index contributed by atoms with van der Waals surface area (Å²) in [4.78, 5) is 23.9. The van der Waals surface area contributed by atoms with Gasteiger partial charge in [0.1, 0.15) is 5.54 Å². The molecule has 1 atom stereocenters. The van der Waals surface area contributed by atoms with Crippen LogP contribution in [0.25, 0.3) is 0 Å². The Bertz CT molecular complexity index is 493. The van der Waals surface area contributed by atoms with E-state index in [9.17, 15) is 9.59 Å². The van der Waals surface area contributed by atoms with Gasteiger partial charge in [-0.3, -0.25) is 0 Å². The van der Waals surface area contributed by atoms with Crippen LogP contribution in [0.3, 0.4) is 0 Å². The molecule has 118 valence electrons. The number of thiophene rings is 1. The van der Waals surface area contributed by atoms with E-state index in [2.05, 4.69) is 5.32 Å². The number of rotatable bonds is 7. The van der Waals surface area contributed by atoms with E-state index in [1.54, 1.807) is 26.0 Å². The van der Waals surface area contributed by atoms with Crippen LogP contribution in [0.15, 0.2) is 12.1 Å². The lowest BCUT2D eigenvalue weighted by atomic mass is 9.99. The Labute approximate surface area is 132 Å². The van der Waals surface area contributed by atoms with Gasteiger partial charge in [0.05, 0.1) is 10.9 Å². The third-order valence-corrected chi connectivity index (χ3v) is 3.76. The van der Waals surface area contributed by atoms with Crippen molar-refractivity contribution >= 4 is 35.0 Å². The molecule has 6 nitrogen and oxygen atoms in total. The van der Waals surface area contributed by atoms with E-state index >= 15 is 0 Å². The summed E-state index contributed by atoms with van der Waals surface area (Å²) in [6, 6.07) is 3.19. The number of esters is 1. The zero-order valence-corrected chi connectivity index (χ0v) is 13.7. The fourth-order valence-corrected chi connectivity index (χ4v) is 2.38. The highest BCUT2D eigenvalue weighted by Gasteiger charge is 2.37. The minimum Gasteiger partial charge on any atom is -0.464 e. The van der Waals surface area contributed by atoms with Gasteiger partial charge in [-0.1, -0.05) is 22.9 Å². The molecule has 0 aromatic carbocycles. The van der Waals surface area contributed by atoms with Crippen LogP contribution < -0.4 is 10.1 Å². The largest absolute Gasteiger partial charge is 0.464 e. The predicted octanol–water partition coefficient (Wildman–Crippen LogP) is 2.85. The molecule has 1 heterocycles. The first kappa shape index (κ1) is 17.7. The second-order valence-electron chi connectivity index (χ2n) is 4.37. The quantitative estimate of drug-likeness (QED) is 0.775. The Kier molecular flexibility index (Phi) is 6.94. The van der Waals surface area contributed by atoms with Gasteiger partial charge in [0.2, 0.25) is 0 Å². The number of carbonyl (C=O) groups excluding carboxylic acids is 2. The second-order valence-corrected chi connectivity index (χ2v) is 6.05. The number of nitrogens with one attached hydrogen (secondary N) is 1. The predicted molar refractivity (Wildman–Crippen MR) is 80.0 cm³/mol. The van der Waals surface area contributed by atoms with Gasteiger partial charge in [0.25, 0.3) is 0 Å². The van der Waals surface area contributed by atoms with Gasteiger partial charge in [-0.2, -0.15) is 0 Å². The number of ether oxygens (including phenoxy) is 3. The Hall–Kier alpha value is -1.31. The van der Waals surface area contributed by atoms with Crippen LogP contribution in [0.2, 0.25) is 4.34 Å². The Morgan fingerprint density at radius 2 is 2.14 bits per heavy atom. The first-order valence-electron chi connectivity index (χ1n) is 6.32. The van der Waals surface area contributed by atoms with E-state index in [-0.39, 0.29) is 13.0 Å². The maximum atomic E-state index is 12.0. The van der Waals surface area contributed by atoms with Crippen LogP contribution in [-0.2, 0) is 14.3 Å². The lowest BCUT2D eigenvalue weighted by molar-refractivity contribution is -0.150. The van der Waals surface area contributed by atoms with Crippen LogP contribution in [0.5, 0.6) is 5.06 Å². The minimum absolute atomic E-state index is 0.221. The van der Waals surface area contributed by atoms with Crippen molar-refractivity contribution in [2.24, 2.45) is 0 Å². The van der Waals surface area contributed by atoms with Crippen molar-refractivity contribution in [2.45, 2.75) is 25.8 Å². The van der Waals surface area contributed by atoms with E-state index in [1.165, 1.54) is 7.11 Å². The van der Waals surface area contributed by atoms with Crippen molar-refractivity contribution < 1.29 is 23.8 Å². The molecule has 0 saturated heterocycles. The summed E-state index contributed by atoms with van der Waals surface area (Å²) in [5.41, 5.74) is -1.22. The standard InChI is InChI=1S/C13H18ClNO5S/c1-4-19-11(16)13(2,7-8-18-3)15-12(17)20-10-6-5-9(14)21-10/h5-6H,4,7-8H2,1-3H3,(H,15,17). The highest BCUT2D eigenvalue weighted by Crippen LogP contribution is 2.28. The molecule has 1 unspecified atom stereocenters. The molecule has 0 aliphatic heterocycles. The molecule has 0 spiro atoms. The molecule has 0 aliphatic rings. The van der Waals surface area contributed by atoms with E-state index in [0.29, 0.717) is 16.0 Å². The molecular formula is C13H18ClNO5S. The van der Waals surface area contributed by atoms with Crippen molar-refractivity contribution in [2.75, 3.05) is 20.3 Å². The van der Waals surface area contributed by atoms with E-state index in [0.717, 1.165) is 11.3 Å². The van der Waals surface area contributed by atoms with Crippen LogP contribution in [0, 0.1) is 0 Å². The third-order valence-electron chi connectivity index (χ3n) is 2.65. The highest BCUT2D eigenvalue weighted by molar-refractivity contribution is 7.17. The summed E-state index contributed by atoms with van der Waals surface area (Å²) in [6.45, 7) is 3.77. The van der Waals surface area contributed by atoms with Crippen LogP contribution in [0.1, 0.15) is 20.3 Å². The molecule has 1 aromatic rings. The molecule has 21 heavy (non-hydrogen) atoms. The second kappa shape index (κ2) is 8.21. The molecule has 1 amide bonds. The molecule has 0 aliphatic carbocycles. The van der Waals surface area contributed by atoms with Gasteiger partial charge < -0.3 is 19.5 Å². The molecule has 0 fully saturated rings. The van der Waals surface area contributed by atoms with Crippen molar-refractivity contribution in [1.29, 1.82) is 0 Å². The number of amides is 1. The van der Waals surface area contributed by atoms with Crippen LogP contribution >= 0.6 is 22.9 Å². The third kappa shape index (κ3) is 5.53. The number of carbonyl (C=O) groups is 2. The van der Waals surface area contributed by atoms with E-state index in [4.69, 9.17) is 25.8 Å². The normalized spacial score (nSPS) is 13.3. The van der Waals surface area contributed by atoms with Gasteiger partial charge in [0, 0.05) is 20.1 Å². The minimum atomic E-state index is -1.22. The average Bonchev–Trinajstić information content (AvgIpc) is 2.81. The van der Waals surface area contributed by atoms with Crippen LogP contribution in [0.4, 0.5) is 4.79 Å². The van der Waals surface area contributed by atoms with Gasteiger partial charge in [0.15, 0.2) is 5.06 Å². The summed E-state index contributed by atoms with van der Waals surface area (Å²) < 4.78 is 15.5. The number of methoxy groups -OCH3 is 1. The smallest absolute Gasteiger partial charge is 0.414 e. The zero-order valence-electron chi connectivity index (χ0n) is 12.1. The maximum Gasteiger partial charge on any atom is 0.414 e. The first-order chi connectivity index (χ1) is 9.91. The van der Waals surface area contributed by atoms with Gasteiger partial charge in [-0.15, -0.1) is 0 Å². The van der Waals surface area contributed by atoms with E-state index in [1.807, 2.05) is 0 Å². The van der Waals surface area contributed by atoms with Crippen molar-refractivity contribution in [3.8, 4) is 5.06 Å². The molecule has 0 radical (unpaired) electrons. The number of hydrogen-bond acceptors (Lipinski definition) is 6. The SMILES string of the molecule is CCOC(=O)C(C)(CCOC)NC(=O)Oc1ccc(Cl)s1. The summed E-state index contributed by atoms with van der Waals surface area (Å²) in [6.07, 6.45) is -0.483. The van der Waals surface area contributed by atoms with Gasteiger partial charge in [-0.05, 0) is 26.0 Å². The molecule has 1 rings (SSSR count). The maximum absolute atomic E-state index is 12.0. The summed E-state index contributed by atoms with van der Waals surface area (Å²) >= 11 is 6.87. The topological polar surface area (TPSA) is 73.9 Å². The molecular weight excluding hydrogens is 318 g/mol. The molecule has 1 N–H and O–H groups in total. The summed E-state index contributed by atoms with van der Waals surface area (Å²) in [5.74, 6) is -0.539. The molecule has 0 saturated carbocycles. The monoisotopic (exact) mass is 335 g/mol. The lowest BCUT2D eigenvalue weighted by Gasteiger charge is -2.27. The van der Waals surface area contributed by atoms with Crippen LogP contribution in [-0.4, -0.2) is 37.9 Å². The Balaban J connectivity index is 2.70. The van der Waals surface area contributed by atoms with Crippen molar-refractivity contribution in [1.82, 2.24) is 5.32 Å². The van der Waals surface area contributed by atoms with Crippen molar-refractivity contribution in [3.63, 3.8) is 0 Å². The molecule has 0 bridgehead atoms. The highest BCUT2D eigenvalue weighted by atomic mass is 35.5. The number of hydrogen-bond donors (Lipinski definition) is 1. The summed E-state index contributed by atoms with van der Waals surface area (Å²) in [5, 5.41) is 2.86. The lowest BCUT2D eigenvalue weighted by Crippen LogP contribution is -2.54. The van der Waals surface area contributed by atoms with Gasteiger partial charge >= 0.3 is 12.1 Å². The molecule has 8 heteroatoms. The first-order valence-corrected chi connectivity index (χ1v) is 7.52. The zero-order chi connectivity index (χ0) is 15.9. The summed E-state index contributed by atoms with van der Waals surface area (Å²) in [7, 11) is 1.51. The number of halogens is 1. The van der Waals surface area contributed by atoms with Gasteiger partial charge in [-0.25, -0.2) is 9.59 Å².